The van der Waals surface area contributed by atoms with Crippen LogP contribution in [0.3, 0.4) is 0 Å². The van der Waals surface area contributed by atoms with E-state index in [-0.39, 0.29) is 18.7 Å². The Kier molecular flexibility index (Phi) is 6.34. The molecule has 1 aliphatic heterocycles. The van der Waals surface area contributed by atoms with Gasteiger partial charge in [-0.3, -0.25) is 9.69 Å². The van der Waals surface area contributed by atoms with Gasteiger partial charge in [-0.05, 0) is 61.3 Å². The second-order valence-corrected chi connectivity index (χ2v) is 8.95. The molecule has 1 aliphatic carbocycles. The molecule has 1 aromatic heterocycles. The Morgan fingerprint density at radius 1 is 1.09 bits per heavy atom. The van der Waals surface area contributed by atoms with Gasteiger partial charge in [-0.15, -0.1) is 0 Å². The monoisotopic (exact) mass is 473 g/mol. The number of carbonyl (C=O) groups excluding carboxylic acids is 1. The second-order valence-electron chi connectivity index (χ2n) is 8.95. The van der Waals surface area contributed by atoms with Gasteiger partial charge in [0.25, 0.3) is 0 Å². The molecule has 1 unspecified atom stereocenters. The number of anilines is 1. The molecule has 2 aliphatic rings. The topological polar surface area (TPSA) is 72.9 Å². The molecule has 182 valence electrons. The van der Waals surface area contributed by atoms with Gasteiger partial charge in [-0.25, -0.2) is 4.98 Å². The Bertz CT molecular complexity index is 1200. The number of amides is 1. The van der Waals surface area contributed by atoms with Crippen molar-refractivity contribution in [3.05, 3.63) is 77.5 Å². The van der Waals surface area contributed by atoms with E-state index in [9.17, 15) is 4.79 Å². The maximum Gasteiger partial charge on any atom is 0.236 e. The number of nitrogens with one attached hydrogen (secondary N) is 1. The number of carbonyl (C=O) groups is 1. The number of hydrogen-bond donors (Lipinski definition) is 1. The Morgan fingerprint density at radius 3 is 2.54 bits per heavy atom. The van der Waals surface area contributed by atoms with Crippen molar-refractivity contribution in [3.63, 3.8) is 0 Å². The third-order valence-corrected chi connectivity index (χ3v) is 7.06. The quantitative estimate of drug-likeness (QED) is 0.476. The molecule has 1 atom stereocenters. The van der Waals surface area contributed by atoms with Crippen LogP contribution >= 0.6 is 0 Å². The molecule has 0 saturated heterocycles. The van der Waals surface area contributed by atoms with E-state index in [4.69, 9.17) is 14.2 Å². The van der Waals surface area contributed by atoms with Crippen molar-refractivity contribution in [2.45, 2.75) is 38.1 Å². The second kappa shape index (κ2) is 9.58. The summed E-state index contributed by atoms with van der Waals surface area (Å²) < 4.78 is 16.6. The highest BCUT2D eigenvalue weighted by atomic mass is 16.7. The first-order valence-corrected chi connectivity index (χ1v) is 12.1. The van der Waals surface area contributed by atoms with E-state index >= 15 is 0 Å². The number of para-hydroxylation sites is 1. The first kappa shape index (κ1) is 23.2. The fourth-order valence-electron chi connectivity index (χ4n) is 4.91. The number of hydrogen-bond acceptors (Lipinski definition) is 6. The summed E-state index contributed by atoms with van der Waals surface area (Å²) in [4.78, 5) is 20.3. The number of pyridine rings is 1. The highest BCUT2D eigenvalue weighted by molar-refractivity contribution is 6.01. The zero-order chi connectivity index (χ0) is 24.4. The van der Waals surface area contributed by atoms with Gasteiger partial charge in [0.2, 0.25) is 12.7 Å². The van der Waals surface area contributed by atoms with E-state index in [1.54, 1.807) is 7.11 Å². The summed E-state index contributed by atoms with van der Waals surface area (Å²) in [7, 11) is 1.70. The van der Waals surface area contributed by atoms with Crippen molar-refractivity contribution >= 4 is 11.7 Å². The number of fused-ring (bicyclic) bond motifs is 1. The van der Waals surface area contributed by atoms with Gasteiger partial charge in [0.15, 0.2) is 11.5 Å². The van der Waals surface area contributed by atoms with Gasteiger partial charge < -0.3 is 19.5 Å². The summed E-state index contributed by atoms with van der Waals surface area (Å²) in [5.41, 5.74) is 2.56. The predicted molar refractivity (Wildman–Crippen MR) is 134 cm³/mol. The van der Waals surface area contributed by atoms with Crippen molar-refractivity contribution in [2.24, 2.45) is 0 Å². The standard InChI is InChI=1S/C28H31N3O4/c1-4-31(5-2)26(21-8-6-7-9-22(21)33-3)19-10-13-25(29-17-19)30-27(32)28(14-15-28)20-11-12-23-24(16-20)35-18-34-23/h6-13,16-17,26H,4-5,14-15,18H2,1-3H3,(H,29,30,32). The number of aromatic nitrogens is 1. The van der Waals surface area contributed by atoms with Crippen molar-refractivity contribution < 1.29 is 19.0 Å². The molecule has 7 nitrogen and oxygen atoms in total. The van der Waals surface area contributed by atoms with E-state index in [1.165, 1.54) is 0 Å². The Hall–Kier alpha value is -3.58. The molecular weight excluding hydrogens is 442 g/mol. The van der Waals surface area contributed by atoms with Gasteiger partial charge in [0.1, 0.15) is 11.6 Å². The summed E-state index contributed by atoms with van der Waals surface area (Å²) in [6.07, 6.45) is 3.45. The molecule has 0 spiro atoms. The molecule has 2 heterocycles. The van der Waals surface area contributed by atoms with Crippen LogP contribution < -0.4 is 19.5 Å². The Labute approximate surface area is 206 Å². The SMILES string of the molecule is CCN(CC)C(c1ccc(NC(=O)C2(c3ccc4c(c3)OCO4)CC2)nc1)c1ccccc1OC. The van der Waals surface area contributed by atoms with Crippen LogP contribution in [0, 0.1) is 0 Å². The number of rotatable bonds is 9. The molecule has 7 heteroatoms. The lowest BCUT2D eigenvalue weighted by Crippen LogP contribution is -2.30. The van der Waals surface area contributed by atoms with Crippen LogP contribution in [0.4, 0.5) is 5.82 Å². The van der Waals surface area contributed by atoms with Gasteiger partial charge in [-0.1, -0.05) is 44.2 Å². The lowest BCUT2D eigenvalue weighted by atomic mass is 9.94. The first-order valence-electron chi connectivity index (χ1n) is 12.1. The molecule has 1 amide bonds. The maximum atomic E-state index is 13.3. The molecular formula is C28H31N3O4. The van der Waals surface area contributed by atoms with Crippen LogP contribution in [0.5, 0.6) is 17.2 Å². The molecule has 0 radical (unpaired) electrons. The van der Waals surface area contributed by atoms with E-state index < -0.39 is 5.41 Å². The molecule has 5 rings (SSSR count). The largest absolute Gasteiger partial charge is 0.496 e. The Morgan fingerprint density at radius 2 is 1.86 bits per heavy atom. The molecule has 3 aromatic rings. The molecule has 1 saturated carbocycles. The van der Waals surface area contributed by atoms with Crippen LogP contribution in [0.15, 0.2) is 60.8 Å². The lowest BCUT2D eigenvalue weighted by molar-refractivity contribution is -0.118. The van der Waals surface area contributed by atoms with Crippen LogP contribution in [-0.2, 0) is 10.2 Å². The fraction of sp³-hybridized carbons (Fsp3) is 0.357. The highest BCUT2D eigenvalue weighted by Gasteiger charge is 2.51. The summed E-state index contributed by atoms with van der Waals surface area (Å²) in [5, 5.41) is 3.04. The summed E-state index contributed by atoms with van der Waals surface area (Å²) in [6.45, 7) is 6.29. The Balaban J connectivity index is 1.37. The highest BCUT2D eigenvalue weighted by Crippen LogP contribution is 2.51. The predicted octanol–water partition coefficient (Wildman–Crippen LogP) is 4.92. The van der Waals surface area contributed by atoms with Crippen molar-refractivity contribution in [1.29, 1.82) is 0 Å². The minimum absolute atomic E-state index is 0.00167. The molecule has 0 bridgehead atoms. The van der Waals surface area contributed by atoms with Crippen molar-refractivity contribution in [3.8, 4) is 17.2 Å². The fourth-order valence-corrected chi connectivity index (χ4v) is 4.91. The zero-order valence-corrected chi connectivity index (χ0v) is 20.4. The molecule has 35 heavy (non-hydrogen) atoms. The van der Waals surface area contributed by atoms with Gasteiger partial charge in [-0.2, -0.15) is 0 Å². The average molecular weight is 474 g/mol. The number of nitrogens with zero attached hydrogens (tertiary/aromatic N) is 2. The van der Waals surface area contributed by atoms with E-state index in [2.05, 4.69) is 35.1 Å². The number of benzene rings is 2. The van der Waals surface area contributed by atoms with Crippen molar-refractivity contribution in [1.82, 2.24) is 9.88 Å². The van der Waals surface area contributed by atoms with E-state index in [0.717, 1.165) is 54.1 Å². The summed E-state index contributed by atoms with van der Waals surface area (Å²) >= 11 is 0. The normalized spacial score (nSPS) is 16.1. The average Bonchev–Trinajstić information content (AvgIpc) is 3.58. The van der Waals surface area contributed by atoms with Crippen LogP contribution in [0.1, 0.15) is 49.4 Å². The minimum atomic E-state index is -0.539. The molecule has 1 fully saturated rings. The van der Waals surface area contributed by atoms with E-state index in [0.29, 0.717) is 11.6 Å². The maximum absolute atomic E-state index is 13.3. The van der Waals surface area contributed by atoms with Crippen LogP contribution in [0.25, 0.3) is 0 Å². The van der Waals surface area contributed by atoms with Crippen LogP contribution in [-0.4, -0.2) is 42.8 Å². The zero-order valence-electron chi connectivity index (χ0n) is 20.4. The third kappa shape index (κ3) is 4.32. The molecule has 2 aromatic carbocycles. The molecule has 1 N–H and O–H groups in total. The lowest BCUT2D eigenvalue weighted by Gasteiger charge is -2.31. The first-order chi connectivity index (χ1) is 17.1. The van der Waals surface area contributed by atoms with Gasteiger partial charge in [0.05, 0.1) is 18.6 Å². The minimum Gasteiger partial charge on any atom is -0.496 e. The van der Waals surface area contributed by atoms with Gasteiger partial charge >= 0.3 is 0 Å². The van der Waals surface area contributed by atoms with Crippen molar-refractivity contribution in [2.75, 3.05) is 32.3 Å². The summed E-state index contributed by atoms with van der Waals surface area (Å²) in [5.74, 6) is 2.77. The third-order valence-electron chi connectivity index (χ3n) is 7.06. The number of ether oxygens (including phenoxy) is 3. The van der Waals surface area contributed by atoms with E-state index in [1.807, 2.05) is 54.7 Å². The number of methoxy groups -OCH3 is 1. The smallest absolute Gasteiger partial charge is 0.236 e. The summed E-state index contributed by atoms with van der Waals surface area (Å²) in [6, 6.07) is 17.8. The van der Waals surface area contributed by atoms with Gasteiger partial charge in [0, 0.05) is 11.8 Å². The van der Waals surface area contributed by atoms with Crippen LogP contribution in [0.2, 0.25) is 0 Å².